The van der Waals surface area contributed by atoms with Crippen molar-refractivity contribution in [2.75, 3.05) is 25.0 Å². The largest absolute Gasteiger partial charge is 0.385 e. The molecule has 2 aliphatic rings. The van der Waals surface area contributed by atoms with E-state index >= 15 is 0 Å². The molecule has 0 aromatic heterocycles. The van der Waals surface area contributed by atoms with Crippen LogP contribution in [0.4, 0.5) is 5.69 Å². The van der Waals surface area contributed by atoms with E-state index in [0.29, 0.717) is 0 Å². The fourth-order valence-corrected chi connectivity index (χ4v) is 3.00. The molecule has 0 radical (unpaired) electrons. The number of hydrogen-bond acceptors (Lipinski definition) is 2. The van der Waals surface area contributed by atoms with Crippen LogP contribution in [0.3, 0.4) is 0 Å². The van der Waals surface area contributed by atoms with E-state index in [2.05, 4.69) is 41.4 Å². The first-order valence-corrected chi connectivity index (χ1v) is 7.85. The van der Waals surface area contributed by atoms with Gasteiger partial charge in [-0.05, 0) is 61.8 Å². The van der Waals surface area contributed by atoms with Crippen molar-refractivity contribution in [3.8, 4) is 0 Å². The molecule has 19 heavy (non-hydrogen) atoms. The Morgan fingerprint density at radius 1 is 1.16 bits per heavy atom. The molecular formula is C17H26N2. The third-order valence-electron chi connectivity index (χ3n) is 4.39. The Bertz CT molecular complexity index is 394. The molecule has 0 spiro atoms. The number of nitrogens with zero attached hydrogens (tertiary/aromatic N) is 1. The maximum atomic E-state index is 3.53. The second-order valence-corrected chi connectivity index (χ2v) is 6.50. The molecule has 0 bridgehead atoms. The average molecular weight is 258 g/mol. The maximum Gasteiger partial charge on any atom is 0.0340 e. The summed E-state index contributed by atoms with van der Waals surface area (Å²) in [7, 11) is 0. The van der Waals surface area contributed by atoms with Crippen molar-refractivity contribution >= 4 is 5.69 Å². The Morgan fingerprint density at radius 2 is 1.95 bits per heavy atom. The van der Waals surface area contributed by atoms with E-state index in [9.17, 15) is 0 Å². The summed E-state index contributed by atoms with van der Waals surface area (Å²) in [6.07, 6.45) is 5.60. The second-order valence-electron chi connectivity index (χ2n) is 6.50. The Labute approximate surface area is 117 Å². The van der Waals surface area contributed by atoms with Crippen LogP contribution in [-0.2, 0) is 6.54 Å². The Morgan fingerprint density at radius 3 is 2.63 bits per heavy atom. The summed E-state index contributed by atoms with van der Waals surface area (Å²) in [6.45, 7) is 7.18. The summed E-state index contributed by atoms with van der Waals surface area (Å²) < 4.78 is 0. The summed E-state index contributed by atoms with van der Waals surface area (Å²) in [5.74, 6) is 1.81. The zero-order chi connectivity index (χ0) is 13.1. The second kappa shape index (κ2) is 5.96. The number of likely N-dealkylation sites (tertiary alicyclic amines) is 1. The zero-order valence-electron chi connectivity index (χ0n) is 12.1. The minimum Gasteiger partial charge on any atom is -0.385 e. The van der Waals surface area contributed by atoms with E-state index in [4.69, 9.17) is 0 Å². The van der Waals surface area contributed by atoms with Crippen molar-refractivity contribution < 1.29 is 0 Å². The zero-order valence-corrected chi connectivity index (χ0v) is 12.1. The molecule has 2 fully saturated rings. The minimum absolute atomic E-state index is 0.869. The fraction of sp³-hybridized carbons (Fsp3) is 0.647. The van der Waals surface area contributed by atoms with E-state index in [-0.39, 0.29) is 0 Å². The molecule has 1 unspecified atom stereocenters. The molecule has 104 valence electrons. The van der Waals surface area contributed by atoms with E-state index in [1.165, 1.54) is 50.0 Å². The first-order chi connectivity index (χ1) is 9.29. The van der Waals surface area contributed by atoms with Gasteiger partial charge in [-0.3, -0.25) is 4.90 Å². The van der Waals surface area contributed by atoms with Crippen molar-refractivity contribution in [1.82, 2.24) is 4.90 Å². The van der Waals surface area contributed by atoms with Crippen LogP contribution in [0.2, 0.25) is 0 Å². The number of hydrogen-bond donors (Lipinski definition) is 1. The predicted molar refractivity (Wildman–Crippen MR) is 81.3 cm³/mol. The van der Waals surface area contributed by atoms with E-state index in [0.717, 1.165) is 24.9 Å². The van der Waals surface area contributed by atoms with Gasteiger partial charge in [-0.25, -0.2) is 0 Å². The Balaban J connectivity index is 1.50. The molecule has 1 aliphatic carbocycles. The highest BCUT2D eigenvalue weighted by atomic mass is 15.1. The van der Waals surface area contributed by atoms with Crippen LogP contribution in [0, 0.1) is 11.8 Å². The SMILES string of the molecule is CC1CCCN(Cc2ccc(NCC3CC3)cc2)C1. The monoisotopic (exact) mass is 258 g/mol. The standard InChI is InChI=1S/C17H26N2/c1-14-3-2-10-19(12-14)13-16-6-8-17(9-7-16)18-11-15-4-5-15/h6-9,14-15,18H,2-5,10-13H2,1H3. The topological polar surface area (TPSA) is 15.3 Å². The van der Waals surface area contributed by atoms with E-state index < -0.39 is 0 Å². The molecule has 2 nitrogen and oxygen atoms in total. The molecule has 1 atom stereocenters. The van der Waals surface area contributed by atoms with Crippen molar-refractivity contribution in [3.63, 3.8) is 0 Å². The van der Waals surface area contributed by atoms with Crippen LogP contribution in [0.5, 0.6) is 0 Å². The lowest BCUT2D eigenvalue weighted by atomic mass is 10.00. The van der Waals surface area contributed by atoms with Crippen LogP contribution in [0.15, 0.2) is 24.3 Å². The summed E-state index contributed by atoms with van der Waals surface area (Å²) in [6, 6.07) is 9.05. The first-order valence-electron chi connectivity index (χ1n) is 7.85. The van der Waals surface area contributed by atoms with E-state index in [1.807, 2.05) is 0 Å². The van der Waals surface area contributed by atoms with E-state index in [1.54, 1.807) is 0 Å². The molecule has 1 N–H and O–H groups in total. The van der Waals surface area contributed by atoms with Gasteiger partial charge in [0.25, 0.3) is 0 Å². The molecule has 3 rings (SSSR count). The van der Waals surface area contributed by atoms with Crippen molar-refractivity contribution in [2.24, 2.45) is 11.8 Å². The average Bonchev–Trinajstić information content (AvgIpc) is 3.22. The van der Waals surface area contributed by atoms with Gasteiger partial charge in [-0.1, -0.05) is 19.1 Å². The van der Waals surface area contributed by atoms with Gasteiger partial charge in [0.05, 0.1) is 0 Å². The normalized spacial score (nSPS) is 24.4. The third-order valence-corrected chi connectivity index (χ3v) is 4.39. The summed E-state index contributed by atoms with van der Waals surface area (Å²) in [5.41, 5.74) is 2.73. The molecule has 2 heteroatoms. The number of benzene rings is 1. The van der Waals surface area contributed by atoms with Crippen LogP contribution in [-0.4, -0.2) is 24.5 Å². The summed E-state index contributed by atoms with van der Waals surface area (Å²) >= 11 is 0. The Hall–Kier alpha value is -1.02. The molecular weight excluding hydrogens is 232 g/mol. The van der Waals surface area contributed by atoms with Gasteiger partial charge in [0.15, 0.2) is 0 Å². The van der Waals surface area contributed by atoms with Gasteiger partial charge < -0.3 is 5.32 Å². The van der Waals surface area contributed by atoms with Crippen molar-refractivity contribution in [3.05, 3.63) is 29.8 Å². The van der Waals surface area contributed by atoms with Crippen LogP contribution >= 0.6 is 0 Å². The number of anilines is 1. The van der Waals surface area contributed by atoms with Crippen molar-refractivity contribution in [1.29, 1.82) is 0 Å². The van der Waals surface area contributed by atoms with Gasteiger partial charge in [-0.2, -0.15) is 0 Å². The lowest BCUT2D eigenvalue weighted by Gasteiger charge is -2.30. The first kappa shape index (κ1) is 13.0. The quantitative estimate of drug-likeness (QED) is 0.865. The molecule has 0 amide bonds. The molecule has 1 aromatic rings. The molecule has 1 saturated heterocycles. The molecule has 1 aliphatic heterocycles. The van der Waals surface area contributed by atoms with Crippen LogP contribution < -0.4 is 5.32 Å². The van der Waals surface area contributed by atoms with Gasteiger partial charge in [-0.15, -0.1) is 0 Å². The smallest absolute Gasteiger partial charge is 0.0340 e. The number of rotatable bonds is 5. The predicted octanol–water partition coefficient (Wildman–Crippen LogP) is 3.74. The van der Waals surface area contributed by atoms with Crippen molar-refractivity contribution in [2.45, 2.75) is 39.2 Å². The fourth-order valence-electron chi connectivity index (χ4n) is 3.00. The van der Waals surface area contributed by atoms with Crippen LogP contribution in [0.25, 0.3) is 0 Å². The van der Waals surface area contributed by atoms with Crippen LogP contribution in [0.1, 0.15) is 38.2 Å². The number of piperidine rings is 1. The van der Waals surface area contributed by atoms with Gasteiger partial charge in [0, 0.05) is 25.3 Å². The van der Waals surface area contributed by atoms with Gasteiger partial charge in [0.2, 0.25) is 0 Å². The van der Waals surface area contributed by atoms with Gasteiger partial charge in [0.1, 0.15) is 0 Å². The lowest BCUT2D eigenvalue weighted by Crippen LogP contribution is -2.33. The minimum atomic E-state index is 0.869. The third kappa shape index (κ3) is 3.97. The summed E-state index contributed by atoms with van der Waals surface area (Å²) in [4.78, 5) is 2.60. The highest BCUT2D eigenvalue weighted by Gasteiger charge is 2.20. The molecule has 1 heterocycles. The Kier molecular flexibility index (Phi) is 4.07. The molecule has 1 aromatic carbocycles. The number of nitrogens with one attached hydrogen (secondary N) is 1. The highest BCUT2D eigenvalue weighted by Crippen LogP contribution is 2.29. The maximum absolute atomic E-state index is 3.53. The lowest BCUT2D eigenvalue weighted by molar-refractivity contribution is 0.176. The summed E-state index contributed by atoms with van der Waals surface area (Å²) in [5, 5.41) is 3.53. The highest BCUT2D eigenvalue weighted by molar-refractivity contribution is 5.44. The molecule has 1 saturated carbocycles. The van der Waals surface area contributed by atoms with Gasteiger partial charge >= 0.3 is 0 Å².